The standard InChI is InChI=1S/C20H33N3O2/c1-6-13-22-15-9-11-17(22)16-10-8-12-21-18(16)23(14-7-2)19(24)25-20(3,4)5/h8,10,12,17H,6-7,9,11,13-15H2,1-5H3/t17-/m1/s1. The van der Waals surface area contributed by atoms with Crippen molar-refractivity contribution in [2.45, 2.75) is 71.9 Å². The molecular weight excluding hydrogens is 314 g/mol. The molecule has 1 aliphatic heterocycles. The summed E-state index contributed by atoms with van der Waals surface area (Å²) in [7, 11) is 0. The summed E-state index contributed by atoms with van der Waals surface area (Å²) in [4.78, 5) is 21.6. The molecule has 1 saturated heterocycles. The number of anilines is 1. The fraction of sp³-hybridized carbons (Fsp3) is 0.700. The molecule has 1 fully saturated rings. The molecule has 0 radical (unpaired) electrons. The number of carbonyl (C=O) groups is 1. The second-order valence-corrected chi connectivity index (χ2v) is 7.74. The van der Waals surface area contributed by atoms with E-state index in [-0.39, 0.29) is 6.09 Å². The summed E-state index contributed by atoms with van der Waals surface area (Å²) in [5, 5.41) is 0. The molecule has 0 spiro atoms. The van der Waals surface area contributed by atoms with Crippen molar-refractivity contribution >= 4 is 11.9 Å². The fourth-order valence-electron chi connectivity index (χ4n) is 3.45. The van der Waals surface area contributed by atoms with Crippen LogP contribution in [0, 0.1) is 0 Å². The normalized spacial score (nSPS) is 18.4. The minimum Gasteiger partial charge on any atom is -0.443 e. The van der Waals surface area contributed by atoms with Crippen molar-refractivity contribution in [2.75, 3.05) is 24.5 Å². The van der Waals surface area contributed by atoms with E-state index in [1.807, 2.05) is 26.8 Å². The molecule has 1 amide bonds. The van der Waals surface area contributed by atoms with Crippen LogP contribution in [0.4, 0.5) is 10.6 Å². The van der Waals surface area contributed by atoms with E-state index in [1.54, 1.807) is 11.1 Å². The van der Waals surface area contributed by atoms with Crippen molar-refractivity contribution in [3.05, 3.63) is 23.9 Å². The minimum absolute atomic E-state index is 0.311. The van der Waals surface area contributed by atoms with Crippen LogP contribution in [0.5, 0.6) is 0 Å². The summed E-state index contributed by atoms with van der Waals surface area (Å²) in [5.41, 5.74) is 0.632. The van der Waals surface area contributed by atoms with E-state index in [9.17, 15) is 4.79 Å². The van der Waals surface area contributed by atoms with E-state index in [1.165, 1.54) is 6.42 Å². The highest BCUT2D eigenvalue weighted by Gasteiger charge is 2.31. The number of nitrogens with zero attached hydrogens (tertiary/aromatic N) is 3. The van der Waals surface area contributed by atoms with Crippen molar-refractivity contribution in [2.24, 2.45) is 0 Å². The zero-order chi connectivity index (χ0) is 18.4. The lowest BCUT2D eigenvalue weighted by Crippen LogP contribution is -2.39. The Balaban J connectivity index is 2.34. The first-order valence-electron chi connectivity index (χ1n) is 9.56. The van der Waals surface area contributed by atoms with Gasteiger partial charge in [-0.15, -0.1) is 0 Å². The van der Waals surface area contributed by atoms with E-state index >= 15 is 0 Å². The number of hydrogen-bond donors (Lipinski definition) is 0. The van der Waals surface area contributed by atoms with Crippen LogP contribution in [0.1, 0.15) is 71.9 Å². The van der Waals surface area contributed by atoms with Gasteiger partial charge in [-0.1, -0.05) is 19.9 Å². The number of ether oxygens (including phenoxy) is 1. The van der Waals surface area contributed by atoms with Crippen molar-refractivity contribution in [3.8, 4) is 0 Å². The van der Waals surface area contributed by atoms with E-state index in [2.05, 4.69) is 29.8 Å². The first-order chi connectivity index (χ1) is 11.9. The van der Waals surface area contributed by atoms with Gasteiger partial charge in [0.25, 0.3) is 0 Å². The third kappa shape index (κ3) is 5.18. The van der Waals surface area contributed by atoms with Gasteiger partial charge in [0.05, 0.1) is 0 Å². The molecule has 1 aromatic heterocycles. The van der Waals surface area contributed by atoms with Gasteiger partial charge in [-0.05, 0) is 65.6 Å². The van der Waals surface area contributed by atoms with E-state index in [4.69, 9.17) is 4.74 Å². The molecular formula is C20H33N3O2. The third-order valence-corrected chi connectivity index (χ3v) is 4.37. The van der Waals surface area contributed by atoms with Crippen LogP contribution in [0.25, 0.3) is 0 Å². The maximum Gasteiger partial charge on any atom is 0.416 e. The minimum atomic E-state index is -0.514. The molecule has 1 aliphatic rings. The molecule has 0 aromatic carbocycles. The number of pyridine rings is 1. The Morgan fingerprint density at radius 2 is 2.12 bits per heavy atom. The lowest BCUT2D eigenvalue weighted by Gasteiger charge is -2.31. The Morgan fingerprint density at radius 3 is 2.76 bits per heavy atom. The molecule has 1 atom stereocenters. The second-order valence-electron chi connectivity index (χ2n) is 7.74. The first-order valence-corrected chi connectivity index (χ1v) is 9.56. The average Bonchev–Trinajstić information content (AvgIpc) is 2.99. The largest absolute Gasteiger partial charge is 0.443 e. The second kappa shape index (κ2) is 8.65. The van der Waals surface area contributed by atoms with Crippen molar-refractivity contribution < 1.29 is 9.53 Å². The van der Waals surface area contributed by atoms with Gasteiger partial charge < -0.3 is 4.74 Å². The zero-order valence-electron chi connectivity index (χ0n) is 16.4. The highest BCUT2D eigenvalue weighted by Crippen LogP contribution is 2.36. The SMILES string of the molecule is CCCN(C(=O)OC(C)(C)C)c1ncccc1[C@H]1CCCN1CCC. The monoisotopic (exact) mass is 347 g/mol. The van der Waals surface area contributed by atoms with Crippen LogP contribution in [0.15, 0.2) is 18.3 Å². The van der Waals surface area contributed by atoms with Gasteiger partial charge in [-0.2, -0.15) is 0 Å². The molecule has 0 unspecified atom stereocenters. The Labute approximate surface area is 152 Å². The van der Waals surface area contributed by atoms with Gasteiger partial charge in [-0.3, -0.25) is 9.80 Å². The molecule has 0 aliphatic carbocycles. The van der Waals surface area contributed by atoms with E-state index < -0.39 is 5.60 Å². The highest BCUT2D eigenvalue weighted by molar-refractivity contribution is 5.87. The van der Waals surface area contributed by atoms with Gasteiger partial charge >= 0.3 is 6.09 Å². The predicted octanol–water partition coefficient (Wildman–Crippen LogP) is 4.78. The van der Waals surface area contributed by atoms with Crippen LogP contribution < -0.4 is 4.90 Å². The average molecular weight is 348 g/mol. The number of rotatable bonds is 6. The molecule has 5 heteroatoms. The molecule has 140 valence electrons. The van der Waals surface area contributed by atoms with Crippen molar-refractivity contribution in [3.63, 3.8) is 0 Å². The quantitative estimate of drug-likeness (QED) is 0.743. The molecule has 5 nitrogen and oxygen atoms in total. The summed E-state index contributed by atoms with van der Waals surface area (Å²) in [6.07, 6.45) is 5.77. The fourth-order valence-corrected chi connectivity index (χ4v) is 3.45. The number of hydrogen-bond acceptors (Lipinski definition) is 4. The third-order valence-electron chi connectivity index (χ3n) is 4.37. The molecule has 25 heavy (non-hydrogen) atoms. The Bertz CT molecular complexity index is 568. The van der Waals surface area contributed by atoms with Crippen LogP contribution in [-0.2, 0) is 4.74 Å². The summed E-state index contributed by atoms with van der Waals surface area (Å²) in [5.74, 6) is 0.756. The van der Waals surface area contributed by atoms with E-state index in [0.717, 1.165) is 43.7 Å². The van der Waals surface area contributed by atoms with Crippen molar-refractivity contribution in [1.82, 2.24) is 9.88 Å². The first kappa shape index (κ1) is 19.7. The van der Waals surface area contributed by atoms with Gasteiger partial charge in [0.2, 0.25) is 0 Å². The number of carbonyl (C=O) groups excluding carboxylic acids is 1. The topological polar surface area (TPSA) is 45.7 Å². The van der Waals surface area contributed by atoms with Crippen LogP contribution in [0.2, 0.25) is 0 Å². The van der Waals surface area contributed by atoms with Crippen LogP contribution >= 0.6 is 0 Å². The Hall–Kier alpha value is -1.62. The van der Waals surface area contributed by atoms with Crippen molar-refractivity contribution in [1.29, 1.82) is 0 Å². The predicted molar refractivity (Wildman–Crippen MR) is 102 cm³/mol. The molecule has 0 N–H and O–H groups in total. The smallest absolute Gasteiger partial charge is 0.416 e. The molecule has 2 rings (SSSR count). The lowest BCUT2D eigenvalue weighted by molar-refractivity contribution is 0.0578. The van der Waals surface area contributed by atoms with Gasteiger partial charge in [0.1, 0.15) is 11.4 Å². The summed E-state index contributed by atoms with van der Waals surface area (Å²) in [6, 6.07) is 4.43. The highest BCUT2D eigenvalue weighted by atomic mass is 16.6. The number of likely N-dealkylation sites (tertiary alicyclic amines) is 1. The van der Waals surface area contributed by atoms with Gasteiger partial charge in [0, 0.05) is 24.3 Å². The summed E-state index contributed by atoms with van der Waals surface area (Å²) >= 11 is 0. The Morgan fingerprint density at radius 1 is 1.36 bits per heavy atom. The molecule has 1 aromatic rings. The molecule has 0 bridgehead atoms. The zero-order valence-corrected chi connectivity index (χ0v) is 16.4. The van der Waals surface area contributed by atoms with Gasteiger partial charge in [-0.25, -0.2) is 9.78 Å². The van der Waals surface area contributed by atoms with Crippen LogP contribution in [-0.4, -0.2) is 41.2 Å². The summed E-state index contributed by atoms with van der Waals surface area (Å²) in [6.45, 7) is 12.8. The van der Waals surface area contributed by atoms with Crippen LogP contribution in [0.3, 0.4) is 0 Å². The van der Waals surface area contributed by atoms with Gasteiger partial charge in [0.15, 0.2) is 0 Å². The number of aromatic nitrogens is 1. The number of amides is 1. The Kier molecular flexibility index (Phi) is 6.82. The van der Waals surface area contributed by atoms with E-state index in [0.29, 0.717) is 12.6 Å². The maximum atomic E-state index is 12.8. The molecule has 2 heterocycles. The maximum absolute atomic E-state index is 12.8. The molecule has 0 saturated carbocycles. The summed E-state index contributed by atoms with van der Waals surface area (Å²) < 4.78 is 5.63. The lowest BCUT2D eigenvalue weighted by atomic mass is 10.0.